The Morgan fingerprint density at radius 2 is 2.31 bits per heavy atom. The Hall–Kier alpha value is -0.890. The smallest absolute Gasteiger partial charge is 0.137 e. The second kappa shape index (κ2) is 6.00. The summed E-state index contributed by atoms with van der Waals surface area (Å²) in [5.41, 5.74) is 6.43. The van der Waals surface area contributed by atoms with Crippen molar-refractivity contribution in [1.82, 2.24) is 5.32 Å². The van der Waals surface area contributed by atoms with E-state index in [1.165, 1.54) is 6.07 Å². The average Bonchev–Trinajstić information content (AvgIpc) is 2.29. The summed E-state index contributed by atoms with van der Waals surface area (Å²) in [6, 6.07) is 4.71. The zero-order valence-corrected chi connectivity index (χ0v) is 10.6. The fourth-order valence-corrected chi connectivity index (χ4v) is 1.63. The van der Waals surface area contributed by atoms with Crippen molar-refractivity contribution in [3.8, 4) is 12.3 Å². The van der Waals surface area contributed by atoms with Crippen LogP contribution in [-0.4, -0.2) is 12.6 Å². The van der Waals surface area contributed by atoms with E-state index < -0.39 is 0 Å². The predicted octanol–water partition coefficient (Wildman–Crippen LogP) is 2.20. The van der Waals surface area contributed by atoms with Crippen LogP contribution in [0.25, 0.3) is 0 Å². The van der Waals surface area contributed by atoms with Crippen molar-refractivity contribution < 1.29 is 4.39 Å². The normalized spacial score (nSPS) is 14.2. The third-order valence-corrected chi connectivity index (χ3v) is 2.93. The van der Waals surface area contributed by atoms with Crippen molar-refractivity contribution in [2.75, 3.05) is 6.54 Å². The van der Waals surface area contributed by atoms with Gasteiger partial charge in [-0.05, 0) is 40.5 Å². The molecular formula is C12H14BrFN2. The van der Waals surface area contributed by atoms with Crippen LogP contribution < -0.4 is 11.1 Å². The number of nitrogens with one attached hydrogen (secondary N) is 1. The van der Waals surface area contributed by atoms with Gasteiger partial charge in [0.25, 0.3) is 0 Å². The molecule has 0 amide bonds. The minimum Gasteiger partial charge on any atom is -0.329 e. The molecule has 2 atom stereocenters. The highest BCUT2D eigenvalue weighted by molar-refractivity contribution is 9.10. The topological polar surface area (TPSA) is 38.0 Å². The molecule has 1 rings (SSSR count). The lowest BCUT2D eigenvalue weighted by atomic mass is 10.1. The number of nitrogens with two attached hydrogens (primary N) is 1. The first-order valence-electron chi connectivity index (χ1n) is 4.95. The summed E-state index contributed by atoms with van der Waals surface area (Å²) in [5.74, 6) is 2.26. The van der Waals surface area contributed by atoms with Gasteiger partial charge in [-0.1, -0.05) is 12.0 Å². The molecule has 16 heavy (non-hydrogen) atoms. The third-order valence-electron chi connectivity index (χ3n) is 2.28. The fourth-order valence-electron chi connectivity index (χ4n) is 1.38. The molecule has 0 aliphatic rings. The van der Waals surface area contributed by atoms with E-state index in [1.54, 1.807) is 6.07 Å². The maximum atomic E-state index is 13.3. The van der Waals surface area contributed by atoms with Gasteiger partial charge in [-0.3, -0.25) is 5.32 Å². The van der Waals surface area contributed by atoms with Crippen LogP contribution >= 0.6 is 15.9 Å². The molecule has 0 bridgehead atoms. The molecule has 2 unspecified atom stereocenters. The van der Waals surface area contributed by atoms with E-state index in [4.69, 9.17) is 12.2 Å². The first kappa shape index (κ1) is 13.2. The van der Waals surface area contributed by atoms with E-state index in [9.17, 15) is 4.39 Å². The lowest BCUT2D eigenvalue weighted by molar-refractivity contribution is 0.513. The van der Waals surface area contributed by atoms with E-state index >= 15 is 0 Å². The predicted molar refractivity (Wildman–Crippen MR) is 67.3 cm³/mol. The van der Waals surface area contributed by atoms with Gasteiger partial charge in [0.05, 0.1) is 10.5 Å². The summed E-state index contributed by atoms with van der Waals surface area (Å²) < 4.78 is 13.8. The van der Waals surface area contributed by atoms with Crippen molar-refractivity contribution in [3.63, 3.8) is 0 Å². The largest absolute Gasteiger partial charge is 0.329 e. The molecule has 2 nitrogen and oxygen atoms in total. The van der Waals surface area contributed by atoms with E-state index in [1.807, 2.05) is 13.0 Å². The van der Waals surface area contributed by atoms with E-state index in [2.05, 4.69) is 27.2 Å². The molecule has 0 heterocycles. The standard InChI is InChI=1S/C12H14BrFN2/c1-3-8(2)16-12(7-15)9-4-5-10(13)11(14)6-9/h1,4-6,8,12,16H,7,15H2,2H3. The molecule has 0 aromatic heterocycles. The number of halogens is 2. The lowest BCUT2D eigenvalue weighted by Gasteiger charge is -2.19. The zero-order chi connectivity index (χ0) is 12.1. The Balaban J connectivity index is 2.87. The third kappa shape index (κ3) is 3.31. The van der Waals surface area contributed by atoms with Gasteiger partial charge in [0.1, 0.15) is 5.82 Å². The van der Waals surface area contributed by atoms with Crippen molar-refractivity contribution >= 4 is 15.9 Å². The van der Waals surface area contributed by atoms with Crippen molar-refractivity contribution in [3.05, 3.63) is 34.1 Å². The molecule has 0 aliphatic heterocycles. The van der Waals surface area contributed by atoms with Gasteiger partial charge < -0.3 is 5.73 Å². The van der Waals surface area contributed by atoms with Crippen LogP contribution in [0.1, 0.15) is 18.5 Å². The lowest BCUT2D eigenvalue weighted by Crippen LogP contribution is -2.34. The molecule has 0 radical (unpaired) electrons. The maximum Gasteiger partial charge on any atom is 0.137 e. The van der Waals surface area contributed by atoms with Gasteiger partial charge in [-0.25, -0.2) is 4.39 Å². The van der Waals surface area contributed by atoms with Gasteiger partial charge in [0.2, 0.25) is 0 Å². The van der Waals surface area contributed by atoms with Gasteiger partial charge in [-0.2, -0.15) is 0 Å². The Morgan fingerprint density at radius 1 is 1.62 bits per heavy atom. The van der Waals surface area contributed by atoms with Crippen molar-refractivity contribution in [2.24, 2.45) is 5.73 Å². The number of benzene rings is 1. The van der Waals surface area contributed by atoms with Crippen LogP contribution in [0.4, 0.5) is 4.39 Å². The highest BCUT2D eigenvalue weighted by atomic mass is 79.9. The molecule has 0 fully saturated rings. The molecule has 0 spiro atoms. The average molecular weight is 285 g/mol. The van der Waals surface area contributed by atoms with E-state index in [0.717, 1.165) is 5.56 Å². The molecule has 1 aromatic carbocycles. The van der Waals surface area contributed by atoms with Crippen LogP contribution in [0.15, 0.2) is 22.7 Å². The molecule has 0 aliphatic carbocycles. The minimum atomic E-state index is -0.300. The summed E-state index contributed by atoms with van der Waals surface area (Å²) in [6.45, 7) is 2.23. The SMILES string of the molecule is C#CC(C)NC(CN)c1ccc(Br)c(F)c1. The monoisotopic (exact) mass is 284 g/mol. The highest BCUT2D eigenvalue weighted by Gasteiger charge is 2.13. The molecule has 86 valence electrons. The molecule has 0 saturated carbocycles. The molecule has 1 aromatic rings. The molecule has 0 saturated heterocycles. The quantitative estimate of drug-likeness (QED) is 0.832. The Morgan fingerprint density at radius 3 is 2.81 bits per heavy atom. The van der Waals surface area contributed by atoms with Crippen LogP contribution in [0, 0.1) is 18.2 Å². The van der Waals surface area contributed by atoms with Crippen molar-refractivity contribution in [2.45, 2.75) is 19.0 Å². The molecule has 3 N–H and O–H groups in total. The van der Waals surface area contributed by atoms with E-state index in [0.29, 0.717) is 11.0 Å². The maximum absolute atomic E-state index is 13.3. The van der Waals surface area contributed by atoms with Crippen LogP contribution in [-0.2, 0) is 0 Å². The van der Waals surface area contributed by atoms with Gasteiger partial charge in [0.15, 0.2) is 0 Å². The molecule has 4 heteroatoms. The Kier molecular flexibility index (Phi) is 4.94. The summed E-state index contributed by atoms with van der Waals surface area (Å²) in [6.07, 6.45) is 5.27. The number of rotatable bonds is 4. The van der Waals surface area contributed by atoms with E-state index in [-0.39, 0.29) is 17.9 Å². The van der Waals surface area contributed by atoms with Crippen molar-refractivity contribution in [1.29, 1.82) is 0 Å². The number of hydrogen-bond acceptors (Lipinski definition) is 2. The second-order valence-electron chi connectivity index (χ2n) is 3.52. The first-order chi connectivity index (χ1) is 7.58. The zero-order valence-electron chi connectivity index (χ0n) is 9.00. The Bertz CT molecular complexity index is 400. The van der Waals surface area contributed by atoms with Gasteiger partial charge in [-0.15, -0.1) is 6.42 Å². The molecular weight excluding hydrogens is 271 g/mol. The Labute approximate surface area is 104 Å². The highest BCUT2D eigenvalue weighted by Crippen LogP contribution is 2.20. The van der Waals surface area contributed by atoms with Crippen LogP contribution in [0.5, 0.6) is 0 Å². The van der Waals surface area contributed by atoms with Gasteiger partial charge >= 0.3 is 0 Å². The summed E-state index contributed by atoms with van der Waals surface area (Å²) in [7, 11) is 0. The summed E-state index contributed by atoms with van der Waals surface area (Å²) >= 11 is 3.11. The first-order valence-corrected chi connectivity index (χ1v) is 5.75. The van der Waals surface area contributed by atoms with Crippen LogP contribution in [0.2, 0.25) is 0 Å². The van der Waals surface area contributed by atoms with Crippen LogP contribution in [0.3, 0.4) is 0 Å². The number of terminal acetylenes is 1. The summed E-state index contributed by atoms with van der Waals surface area (Å²) in [4.78, 5) is 0. The minimum absolute atomic E-state index is 0.0970. The number of hydrogen-bond donors (Lipinski definition) is 2. The second-order valence-corrected chi connectivity index (χ2v) is 4.37. The summed E-state index contributed by atoms with van der Waals surface area (Å²) in [5, 5.41) is 3.14. The van der Waals surface area contributed by atoms with Gasteiger partial charge in [0, 0.05) is 12.6 Å². The fraction of sp³-hybridized carbons (Fsp3) is 0.333.